The number of amides is 1. The molecule has 2 aromatic carbocycles. The van der Waals surface area contributed by atoms with Gasteiger partial charge in [-0.3, -0.25) is 9.69 Å². The van der Waals surface area contributed by atoms with Gasteiger partial charge in [-0.05, 0) is 42.6 Å². The predicted octanol–water partition coefficient (Wildman–Crippen LogP) is 2.38. The normalized spacial score (nSPS) is 17.9. The third kappa shape index (κ3) is 4.28. The Balaban J connectivity index is 1.33. The first-order valence-electron chi connectivity index (χ1n) is 9.42. The second kappa shape index (κ2) is 7.80. The molecule has 6 heteroatoms. The van der Waals surface area contributed by atoms with Gasteiger partial charge < -0.3 is 15.3 Å². The number of rotatable bonds is 5. The maximum absolute atomic E-state index is 12.6. The number of aromatic amines is 2. The Morgan fingerprint density at radius 1 is 1.07 bits per heavy atom. The number of fused-ring (bicyclic) bond motifs is 1. The molecule has 1 fully saturated rings. The van der Waals surface area contributed by atoms with Crippen LogP contribution in [-0.4, -0.2) is 33.9 Å². The number of carbonyl (C=O) groups is 1. The zero-order valence-electron chi connectivity index (χ0n) is 15.2. The van der Waals surface area contributed by atoms with Gasteiger partial charge in [0.25, 0.3) is 0 Å². The highest BCUT2D eigenvalue weighted by Gasteiger charge is 2.25. The molecule has 0 spiro atoms. The van der Waals surface area contributed by atoms with Crippen molar-refractivity contribution < 1.29 is 4.79 Å². The number of benzene rings is 2. The largest absolute Gasteiger partial charge is 0.352 e. The smallest absolute Gasteiger partial charge is 0.323 e. The summed E-state index contributed by atoms with van der Waals surface area (Å²) in [6, 6.07) is 16.1. The van der Waals surface area contributed by atoms with Crippen molar-refractivity contribution in [3.8, 4) is 0 Å². The van der Waals surface area contributed by atoms with Gasteiger partial charge in [-0.2, -0.15) is 0 Å². The number of nitrogens with one attached hydrogen (secondary N) is 3. The number of aromatic nitrogens is 2. The number of carbonyl (C=O) groups excluding carboxylic acids is 1. The van der Waals surface area contributed by atoms with Crippen molar-refractivity contribution in [3.05, 3.63) is 70.1 Å². The molecule has 1 saturated heterocycles. The number of piperidine rings is 1. The Morgan fingerprint density at radius 2 is 1.89 bits per heavy atom. The van der Waals surface area contributed by atoms with Crippen molar-refractivity contribution in [1.29, 1.82) is 0 Å². The van der Waals surface area contributed by atoms with Crippen LogP contribution in [0.4, 0.5) is 0 Å². The number of nitrogens with zero attached hydrogens (tertiary/aromatic N) is 1. The molecule has 2 heterocycles. The molecule has 1 aliphatic heterocycles. The molecule has 1 aliphatic rings. The molecule has 1 aromatic heterocycles. The molecule has 4 rings (SSSR count). The van der Waals surface area contributed by atoms with Crippen molar-refractivity contribution in [2.45, 2.75) is 25.9 Å². The van der Waals surface area contributed by atoms with Crippen LogP contribution >= 0.6 is 0 Å². The quantitative estimate of drug-likeness (QED) is 0.650. The molecule has 27 heavy (non-hydrogen) atoms. The van der Waals surface area contributed by atoms with Crippen LogP contribution in [0.15, 0.2) is 53.3 Å². The number of likely N-dealkylation sites (tertiary alicyclic amines) is 1. The van der Waals surface area contributed by atoms with Crippen LogP contribution in [0.2, 0.25) is 0 Å². The van der Waals surface area contributed by atoms with E-state index in [2.05, 4.69) is 44.5 Å². The Hall–Kier alpha value is -2.86. The molecule has 3 aromatic rings. The van der Waals surface area contributed by atoms with Gasteiger partial charge in [-0.1, -0.05) is 36.4 Å². The summed E-state index contributed by atoms with van der Waals surface area (Å²) in [5.41, 5.74) is 3.58. The molecule has 0 bridgehead atoms. The summed E-state index contributed by atoms with van der Waals surface area (Å²) >= 11 is 0. The van der Waals surface area contributed by atoms with Crippen LogP contribution < -0.4 is 11.0 Å². The number of imidazole rings is 1. The van der Waals surface area contributed by atoms with Crippen LogP contribution in [-0.2, 0) is 17.9 Å². The molecule has 0 radical (unpaired) electrons. The lowest BCUT2D eigenvalue weighted by Crippen LogP contribution is -2.42. The Morgan fingerprint density at radius 3 is 2.74 bits per heavy atom. The van der Waals surface area contributed by atoms with Gasteiger partial charge in [0.2, 0.25) is 5.91 Å². The fraction of sp³-hybridized carbons (Fsp3) is 0.333. The average Bonchev–Trinajstić information content (AvgIpc) is 3.06. The summed E-state index contributed by atoms with van der Waals surface area (Å²) < 4.78 is 0. The lowest BCUT2D eigenvalue weighted by molar-refractivity contribution is -0.126. The number of hydrogen-bond acceptors (Lipinski definition) is 3. The van der Waals surface area contributed by atoms with E-state index in [0.29, 0.717) is 6.54 Å². The van der Waals surface area contributed by atoms with Crippen molar-refractivity contribution in [2.24, 2.45) is 5.92 Å². The summed E-state index contributed by atoms with van der Waals surface area (Å²) in [5.74, 6) is 0.133. The Kier molecular flexibility index (Phi) is 5.07. The molecular formula is C21H24N4O2. The SMILES string of the molecule is O=C(NCc1ccc2[nH]c(=O)[nH]c2c1)C1CCCN(Cc2ccccc2)C1. The van der Waals surface area contributed by atoms with Crippen LogP contribution in [0.1, 0.15) is 24.0 Å². The van der Waals surface area contributed by atoms with Gasteiger partial charge in [0.15, 0.2) is 0 Å². The fourth-order valence-electron chi connectivity index (χ4n) is 3.78. The van der Waals surface area contributed by atoms with Crippen molar-refractivity contribution in [3.63, 3.8) is 0 Å². The molecule has 0 aliphatic carbocycles. The molecule has 1 atom stereocenters. The molecule has 3 N–H and O–H groups in total. The molecule has 1 amide bonds. The van der Waals surface area contributed by atoms with E-state index in [4.69, 9.17) is 0 Å². The highest BCUT2D eigenvalue weighted by molar-refractivity contribution is 5.79. The minimum atomic E-state index is -0.216. The van der Waals surface area contributed by atoms with Crippen LogP contribution in [0.25, 0.3) is 11.0 Å². The molecule has 6 nitrogen and oxygen atoms in total. The van der Waals surface area contributed by atoms with Gasteiger partial charge in [0.1, 0.15) is 0 Å². The van der Waals surface area contributed by atoms with Gasteiger partial charge in [0.05, 0.1) is 17.0 Å². The maximum Gasteiger partial charge on any atom is 0.323 e. The van der Waals surface area contributed by atoms with E-state index in [-0.39, 0.29) is 17.5 Å². The number of hydrogen-bond donors (Lipinski definition) is 3. The molecule has 0 saturated carbocycles. The minimum absolute atomic E-state index is 0.0262. The second-order valence-electron chi connectivity index (χ2n) is 7.24. The van der Waals surface area contributed by atoms with E-state index < -0.39 is 0 Å². The Bertz CT molecular complexity index is 977. The molecule has 140 valence electrons. The minimum Gasteiger partial charge on any atom is -0.352 e. The van der Waals surface area contributed by atoms with E-state index in [9.17, 15) is 9.59 Å². The van der Waals surface area contributed by atoms with Crippen LogP contribution in [0, 0.1) is 5.92 Å². The monoisotopic (exact) mass is 364 g/mol. The van der Waals surface area contributed by atoms with Crippen molar-refractivity contribution >= 4 is 16.9 Å². The first kappa shape index (κ1) is 17.5. The van der Waals surface area contributed by atoms with Gasteiger partial charge in [-0.15, -0.1) is 0 Å². The predicted molar refractivity (Wildman–Crippen MR) is 105 cm³/mol. The van der Waals surface area contributed by atoms with Crippen LogP contribution in [0.3, 0.4) is 0 Å². The van der Waals surface area contributed by atoms with Crippen molar-refractivity contribution in [2.75, 3.05) is 13.1 Å². The second-order valence-corrected chi connectivity index (χ2v) is 7.24. The third-order valence-electron chi connectivity index (χ3n) is 5.17. The first-order chi connectivity index (χ1) is 13.2. The molecule has 1 unspecified atom stereocenters. The highest BCUT2D eigenvalue weighted by Crippen LogP contribution is 2.19. The lowest BCUT2D eigenvalue weighted by atomic mass is 9.96. The summed E-state index contributed by atoms with van der Waals surface area (Å²) in [4.78, 5) is 31.8. The highest BCUT2D eigenvalue weighted by atomic mass is 16.2. The fourth-order valence-corrected chi connectivity index (χ4v) is 3.78. The van der Waals surface area contributed by atoms with E-state index in [1.165, 1.54) is 5.56 Å². The van der Waals surface area contributed by atoms with E-state index >= 15 is 0 Å². The van der Waals surface area contributed by atoms with E-state index in [0.717, 1.165) is 49.1 Å². The zero-order chi connectivity index (χ0) is 18.6. The first-order valence-corrected chi connectivity index (χ1v) is 9.42. The Labute approximate surface area is 157 Å². The standard InChI is InChI=1S/C21H24N4O2/c26-20(22-12-16-8-9-18-19(11-16)24-21(27)23-18)17-7-4-10-25(14-17)13-15-5-2-1-3-6-15/h1-3,5-6,8-9,11,17H,4,7,10,12-14H2,(H,22,26)(H2,23,24,27). The topological polar surface area (TPSA) is 81.0 Å². The van der Waals surface area contributed by atoms with Gasteiger partial charge in [-0.25, -0.2) is 4.79 Å². The maximum atomic E-state index is 12.6. The molecular weight excluding hydrogens is 340 g/mol. The summed E-state index contributed by atoms with van der Waals surface area (Å²) in [5, 5.41) is 3.06. The average molecular weight is 364 g/mol. The van der Waals surface area contributed by atoms with Crippen LogP contribution in [0.5, 0.6) is 0 Å². The summed E-state index contributed by atoms with van der Waals surface area (Å²) in [6.45, 7) is 3.19. The summed E-state index contributed by atoms with van der Waals surface area (Å²) in [6.07, 6.45) is 1.97. The third-order valence-corrected chi connectivity index (χ3v) is 5.17. The van der Waals surface area contributed by atoms with E-state index in [1.807, 2.05) is 24.3 Å². The zero-order valence-corrected chi connectivity index (χ0v) is 15.2. The van der Waals surface area contributed by atoms with Crippen molar-refractivity contribution in [1.82, 2.24) is 20.2 Å². The van der Waals surface area contributed by atoms with E-state index in [1.54, 1.807) is 0 Å². The lowest BCUT2D eigenvalue weighted by Gasteiger charge is -2.32. The van der Waals surface area contributed by atoms with Gasteiger partial charge >= 0.3 is 5.69 Å². The summed E-state index contributed by atoms with van der Waals surface area (Å²) in [7, 11) is 0. The number of H-pyrrole nitrogens is 2. The van der Waals surface area contributed by atoms with Gasteiger partial charge in [0, 0.05) is 19.6 Å².